The van der Waals surface area contributed by atoms with Crippen LogP contribution in [0.4, 0.5) is 8.78 Å². The van der Waals surface area contributed by atoms with E-state index in [1.54, 1.807) is 0 Å². The van der Waals surface area contributed by atoms with Crippen molar-refractivity contribution in [2.45, 2.75) is 63.6 Å². The molecule has 0 radical (unpaired) electrons. The summed E-state index contributed by atoms with van der Waals surface area (Å²) in [7, 11) is 0. The molecule has 0 aromatic rings. The maximum atomic E-state index is 12.1. The van der Waals surface area contributed by atoms with Crippen LogP contribution in [0, 0.1) is 0 Å². The monoisotopic (exact) mass is 250 g/mol. The molecule has 1 fully saturated rings. The molecule has 1 aliphatic heterocycles. The van der Waals surface area contributed by atoms with E-state index in [1.165, 1.54) is 19.3 Å². The van der Waals surface area contributed by atoms with Crippen molar-refractivity contribution in [1.29, 1.82) is 0 Å². The summed E-state index contributed by atoms with van der Waals surface area (Å²) in [5.74, 6) is 0. The lowest BCUT2D eigenvalue weighted by Crippen LogP contribution is -2.41. The molecule has 0 spiro atoms. The Morgan fingerprint density at radius 3 is 2.82 bits per heavy atom. The Balaban J connectivity index is 2.16. The summed E-state index contributed by atoms with van der Waals surface area (Å²) < 4.78 is 24.2. The first kappa shape index (κ1) is 14.8. The van der Waals surface area contributed by atoms with Gasteiger partial charge in [0.25, 0.3) is 6.43 Å². The van der Waals surface area contributed by atoms with Gasteiger partial charge < -0.3 is 15.7 Å². The van der Waals surface area contributed by atoms with Crippen molar-refractivity contribution in [2.24, 2.45) is 0 Å². The zero-order chi connectivity index (χ0) is 12.7. The number of hydrogen-bond acceptors (Lipinski definition) is 3. The molecule has 3 atom stereocenters. The minimum atomic E-state index is -2.66. The number of aliphatic hydroxyl groups is 1. The van der Waals surface area contributed by atoms with E-state index < -0.39 is 12.5 Å². The summed E-state index contributed by atoms with van der Waals surface area (Å²) in [5.41, 5.74) is 0. The SMILES string of the molecule is CC(CC1CCCCCN1)NCC(O)C(F)F. The Labute approximate surface area is 102 Å². The highest BCUT2D eigenvalue weighted by atomic mass is 19.3. The molecule has 5 heteroatoms. The summed E-state index contributed by atoms with van der Waals surface area (Å²) in [6.07, 6.45) is 1.60. The van der Waals surface area contributed by atoms with E-state index in [0.717, 1.165) is 19.4 Å². The fraction of sp³-hybridized carbons (Fsp3) is 1.00. The highest BCUT2D eigenvalue weighted by molar-refractivity contribution is 4.76. The molecule has 0 aromatic heterocycles. The normalized spacial score (nSPS) is 25.6. The molecular formula is C12H24F2N2O. The van der Waals surface area contributed by atoms with Crippen LogP contribution in [-0.2, 0) is 0 Å². The average molecular weight is 250 g/mol. The first-order valence-corrected chi connectivity index (χ1v) is 6.52. The van der Waals surface area contributed by atoms with E-state index >= 15 is 0 Å². The Bertz CT molecular complexity index is 197. The summed E-state index contributed by atoms with van der Waals surface area (Å²) >= 11 is 0. The standard InChI is InChI=1S/C12H24F2N2O/c1-9(16-8-11(17)12(13)14)7-10-5-3-2-4-6-15-10/h9-12,15-17H,2-8H2,1H3. The van der Waals surface area contributed by atoms with Gasteiger partial charge in [-0.25, -0.2) is 8.78 Å². The second-order valence-corrected chi connectivity index (χ2v) is 4.95. The van der Waals surface area contributed by atoms with Gasteiger partial charge in [-0.2, -0.15) is 0 Å². The van der Waals surface area contributed by atoms with Crippen molar-refractivity contribution < 1.29 is 13.9 Å². The molecular weight excluding hydrogens is 226 g/mol. The predicted octanol–water partition coefficient (Wildman–Crippen LogP) is 1.51. The van der Waals surface area contributed by atoms with Crippen molar-refractivity contribution in [3.63, 3.8) is 0 Å². The minimum Gasteiger partial charge on any atom is -0.386 e. The molecule has 1 heterocycles. The summed E-state index contributed by atoms with van der Waals surface area (Å²) in [4.78, 5) is 0. The van der Waals surface area contributed by atoms with Gasteiger partial charge in [0.2, 0.25) is 0 Å². The number of halogens is 2. The lowest BCUT2D eigenvalue weighted by Gasteiger charge is -2.22. The molecule has 1 saturated heterocycles. The number of nitrogens with one attached hydrogen (secondary N) is 2. The Kier molecular flexibility index (Phi) is 6.92. The van der Waals surface area contributed by atoms with Gasteiger partial charge in [-0.05, 0) is 32.7 Å². The van der Waals surface area contributed by atoms with Gasteiger partial charge in [-0.15, -0.1) is 0 Å². The van der Waals surface area contributed by atoms with Gasteiger partial charge in [0, 0.05) is 18.6 Å². The van der Waals surface area contributed by atoms with Gasteiger partial charge in [-0.3, -0.25) is 0 Å². The summed E-state index contributed by atoms with van der Waals surface area (Å²) in [5, 5.41) is 15.4. The fourth-order valence-electron chi connectivity index (χ4n) is 2.22. The van der Waals surface area contributed by atoms with Gasteiger partial charge in [0.15, 0.2) is 0 Å². The van der Waals surface area contributed by atoms with Crippen molar-refractivity contribution in [1.82, 2.24) is 10.6 Å². The first-order chi connectivity index (χ1) is 8.09. The van der Waals surface area contributed by atoms with E-state index in [2.05, 4.69) is 10.6 Å². The summed E-state index contributed by atoms with van der Waals surface area (Å²) in [6, 6.07) is 0.627. The van der Waals surface area contributed by atoms with Crippen LogP contribution in [0.1, 0.15) is 39.0 Å². The maximum Gasteiger partial charge on any atom is 0.265 e. The largest absolute Gasteiger partial charge is 0.386 e. The third-order valence-corrected chi connectivity index (χ3v) is 3.27. The molecule has 1 rings (SSSR count). The molecule has 0 amide bonds. The van der Waals surface area contributed by atoms with Gasteiger partial charge in [0.05, 0.1) is 0 Å². The minimum absolute atomic E-state index is 0.0362. The molecule has 102 valence electrons. The molecule has 0 saturated carbocycles. The van der Waals surface area contributed by atoms with Crippen LogP contribution < -0.4 is 10.6 Å². The molecule has 0 aromatic carbocycles. The van der Waals surface area contributed by atoms with Crippen LogP contribution in [0.5, 0.6) is 0 Å². The molecule has 3 nitrogen and oxygen atoms in total. The molecule has 17 heavy (non-hydrogen) atoms. The number of alkyl halides is 2. The number of aliphatic hydroxyl groups excluding tert-OH is 1. The zero-order valence-electron chi connectivity index (χ0n) is 10.5. The van der Waals surface area contributed by atoms with E-state index in [1.807, 2.05) is 6.92 Å². The second kappa shape index (κ2) is 7.95. The van der Waals surface area contributed by atoms with Crippen molar-refractivity contribution in [2.75, 3.05) is 13.1 Å². The van der Waals surface area contributed by atoms with Crippen LogP contribution in [-0.4, -0.2) is 42.8 Å². The van der Waals surface area contributed by atoms with Crippen molar-refractivity contribution in [3.8, 4) is 0 Å². The quantitative estimate of drug-likeness (QED) is 0.669. The van der Waals surface area contributed by atoms with Gasteiger partial charge >= 0.3 is 0 Å². The number of rotatable bonds is 6. The van der Waals surface area contributed by atoms with Crippen molar-refractivity contribution >= 4 is 0 Å². The van der Waals surface area contributed by atoms with Gasteiger partial charge in [0.1, 0.15) is 6.10 Å². The van der Waals surface area contributed by atoms with Crippen LogP contribution in [0.3, 0.4) is 0 Å². The van der Waals surface area contributed by atoms with E-state index in [0.29, 0.717) is 6.04 Å². The Morgan fingerprint density at radius 2 is 2.12 bits per heavy atom. The van der Waals surface area contributed by atoms with Gasteiger partial charge in [-0.1, -0.05) is 12.8 Å². The lowest BCUT2D eigenvalue weighted by atomic mass is 10.0. The van der Waals surface area contributed by atoms with E-state index in [9.17, 15) is 8.78 Å². The zero-order valence-corrected chi connectivity index (χ0v) is 10.5. The summed E-state index contributed by atoms with van der Waals surface area (Å²) in [6.45, 7) is 2.99. The van der Waals surface area contributed by atoms with E-state index in [-0.39, 0.29) is 12.6 Å². The third kappa shape index (κ3) is 6.29. The topological polar surface area (TPSA) is 44.3 Å². The smallest absolute Gasteiger partial charge is 0.265 e. The molecule has 0 bridgehead atoms. The number of hydrogen-bond donors (Lipinski definition) is 3. The predicted molar refractivity (Wildman–Crippen MR) is 64.4 cm³/mol. The van der Waals surface area contributed by atoms with Crippen LogP contribution >= 0.6 is 0 Å². The Hall–Kier alpha value is -0.260. The lowest BCUT2D eigenvalue weighted by molar-refractivity contribution is -0.00459. The third-order valence-electron chi connectivity index (χ3n) is 3.27. The second-order valence-electron chi connectivity index (χ2n) is 4.95. The van der Waals surface area contributed by atoms with E-state index in [4.69, 9.17) is 5.11 Å². The average Bonchev–Trinajstić information content (AvgIpc) is 2.54. The molecule has 1 aliphatic rings. The fourth-order valence-corrected chi connectivity index (χ4v) is 2.22. The highest BCUT2D eigenvalue weighted by Crippen LogP contribution is 2.12. The molecule has 3 N–H and O–H groups in total. The first-order valence-electron chi connectivity index (χ1n) is 6.52. The maximum absolute atomic E-state index is 12.1. The highest BCUT2D eigenvalue weighted by Gasteiger charge is 2.19. The molecule has 0 aliphatic carbocycles. The van der Waals surface area contributed by atoms with Crippen LogP contribution in [0.2, 0.25) is 0 Å². The van der Waals surface area contributed by atoms with Crippen LogP contribution in [0.15, 0.2) is 0 Å². The van der Waals surface area contributed by atoms with Crippen LogP contribution in [0.25, 0.3) is 0 Å². The van der Waals surface area contributed by atoms with Crippen molar-refractivity contribution in [3.05, 3.63) is 0 Å². The molecule has 3 unspecified atom stereocenters. The Morgan fingerprint density at radius 1 is 1.35 bits per heavy atom.